The standard InChI is InChI=1S/C34H28F4O8S/c1-43-14-15-44-16-17-45-23-13-7-6-12-22(23)26-24-18-8-2-4-10-20(18)25(21-11-5-3-9-19(21)24)27(26)34(39)46-32-28(35)30(37)33(47(40,41)42)31(38)29(32)36/h2-13,24-27H,14-17H2,1H3,(H,40,41,42)/p-1. The van der Waals surface area contributed by atoms with E-state index in [1.54, 1.807) is 43.5 Å². The first kappa shape index (κ1) is 32.6. The first-order valence-corrected chi connectivity index (χ1v) is 16.0. The van der Waals surface area contributed by atoms with Crippen LogP contribution >= 0.6 is 0 Å². The molecule has 4 aromatic rings. The zero-order valence-electron chi connectivity index (χ0n) is 24.8. The van der Waals surface area contributed by atoms with E-state index in [4.69, 9.17) is 18.9 Å². The van der Waals surface area contributed by atoms with Gasteiger partial charge in [0.25, 0.3) is 0 Å². The fourth-order valence-electron chi connectivity index (χ4n) is 6.75. The molecule has 2 bridgehead atoms. The van der Waals surface area contributed by atoms with Gasteiger partial charge in [0.05, 0.1) is 25.7 Å². The molecule has 0 fully saturated rings. The SMILES string of the molecule is COCCOCCOc1ccccc1C1C2c3ccccc3C(c3ccccc32)C1C(=O)Oc1c(F)c(F)c(S(=O)(=O)[O-])c(F)c1F. The number of halogens is 4. The molecule has 47 heavy (non-hydrogen) atoms. The van der Waals surface area contributed by atoms with Gasteiger partial charge in [0.1, 0.15) is 27.4 Å². The molecule has 13 heteroatoms. The number of para-hydroxylation sites is 1. The largest absolute Gasteiger partial charge is 0.744 e. The molecule has 2 atom stereocenters. The number of hydrogen-bond acceptors (Lipinski definition) is 8. The molecule has 0 aromatic heterocycles. The highest BCUT2D eigenvalue weighted by Gasteiger charge is 2.54. The predicted molar refractivity (Wildman–Crippen MR) is 157 cm³/mol. The highest BCUT2D eigenvalue weighted by Crippen LogP contribution is 2.62. The Morgan fingerprint density at radius 1 is 0.702 bits per heavy atom. The lowest BCUT2D eigenvalue weighted by molar-refractivity contribution is -0.141. The van der Waals surface area contributed by atoms with Gasteiger partial charge in [-0.1, -0.05) is 66.7 Å². The van der Waals surface area contributed by atoms with E-state index < -0.39 is 73.7 Å². The van der Waals surface area contributed by atoms with Crippen molar-refractivity contribution in [2.45, 2.75) is 22.6 Å². The van der Waals surface area contributed by atoms with E-state index in [1.165, 1.54) is 0 Å². The molecule has 4 aromatic carbocycles. The minimum absolute atomic E-state index is 0.147. The molecule has 246 valence electrons. The summed E-state index contributed by atoms with van der Waals surface area (Å²) >= 11 is 0. The maximum Gasteiger partial charge on any atom is 0.316 e. The summed E-state index contributed by atoms with van der Waals surface area (Å²) in [6, 6.07) is 21.7. The molecule has 3 aliphatic carbocycles. The van der Waals surface area contributed by atoms with Crippen LogP contribution in [0.1, 0.15) is 45.6 Å². The average molecular weight is 672 g/mol. The van der Waals surface area contributed by atoms with E-state index >= 15 is 8.78 Å². The number of hydrogen-bond donors (Lipinski definition) is 0. The summed E-state index contributed by atoms with van der Waals surface area (Å²) < 4.78 is 115. The van der Waals surface area contributed by atoms with Gasteiger partial charge in [0.15, 0.2) is 11.6 Å². The molecule has 0 saturated carbocycles. The molecular formula is C34H27F4O8S-. The Labute approximate surface area is 267 Å². The molecule has 0 radical (unpaired) electrons. The van der Waals surface area contributed by atoms with Gasteiger partial charge in [-0.2, -0.15) is 8.78 Å². The molecule has 0 aliphatic heterocycles. The minimum atomic E-state index is -5.96. The maximum atomic E-state index is 15.1. The molecule has 0 spiro atoms. The second kappa shape index (κ2) is 13.1. The van der Waals surface area contributed by atoms with Crippen molar-refractivity contribution in [1.82, 2.24) is 0 Å². The van der Waals surface area contributed by atoms with Crippen LogP contribution in [0.15, 0.2) is 77.7 Å². The second-order valence-electron chi connectivity index (χ2n) is 11.0. The zero-order chi connectivity index (χ0) is 33.5. The number of carbonyl (C=O) groups is 1. The number of methoxy groups -OCH3 is 1. The van der Waals surface area contributed by atoms with E-state index in [9.17, 15) is 26.5 Å². The third-order valence-corrected chi connectivity index (χ3v) is 9.40. The Balaban J connectivity index is 1.47. The van der Waals surface area contributed by atoms with Crippen molar-refractivity contribution >= 4 is 16.1 Å². The fourth-order valence-corrected chi connectivity index (χ4v) is 7.36. The smallest absolute Gasteiger partial charge is 0.316 e. The summed E-state index contributed by atoms with van der Waals surface area (Å²) in [5.41, 5.74) is 3.89. The van der Waals surface area contributed by atoms with Crippen LogP contribution in [0, 0.1) is 29.2 Å². The molecular weight excluding hydrogens is 644 g/mol. The van der Waals surface area contributed by atoms with E-state index in [0.29, 0.717) is 24.5 Å². The normalized spacial score (nSPS) is 19.6. The Morgan fingerprint density at radius 3 is 1.72 bits per heavy atom. The van der Waals surface area contributed by atoms with Crippen molar-refractivity contribution in [2.75, 3.05) is 33.5 Å². The van der Waals surface area contributed by atoms with Crippen LogP contribution in [0.25, 0.3) is 0 Å². The summed E-state index contributed by atoms with van der Waals surface area (Å²) in [4.78, 5) is 11.8. The van der Waals surface area contributed by atoms with E-state index in [1.807, 2.05) is 36.4 Å². The van der Waals surface area contributed by atoms with Crippen molar-refractivity contribution in [3.8, 4) is 11.5 Å². The van der Waals surface area contributed by atoms with Crippen LogP contribution in [-0.2, 0) is 24.4 Å². The van der Waals surface area contributed by atoms with E-state index in [2.05, 4.69) is 0 Å². The van der Waals surface area contributed by atoms with Gasteiger partial charge in [0.2, 0.25) is 17.4 Å². The topological polar surface area (TPSA) is 111 Å². The number of ether oxygens (including phenoxy) is 4. The molecule has 3 aliphatic rings. The predicted octanol–water partition coefficient (Wildman–Crippen LogP) is 5.79. The molecule has 0 heterocycles. The molecule has 0 amide bonds. The average Bonchev–Trinajstić information content (AvgIpc) is 3.06. The van der Waals surface area contributed by atoms with Gasteiger partial charge in [-0.15, -0.1) is 0 Å². The first-order valence-electron chi connectivity index (χ1n) is 14.6. The third-order valence-electron chi connectivity index (χ3n) is 8.54. The first-order chi connectivity index (χ1) is 22.6. The fraction of sp³-hybridized carbons (Fsp3) is 0.265. The van der Waals surface area contributed by atoms with Gasteiger partial charge in [-0.25, -0.2) is 17.2 Å². The summed E-state index contributed by atoms with van der Waals surface area (Å²) in [6.45, 7) is 1.13. The molecule has 8 nitrogen and oxygen atoms in total. The van der Waals surface area contributed by atoms with Crippen LogP contribution < -0.4 is 9.47 Å². The highest BCUT2D eigenvalue weighted by atomic mass is 32.2. The Morgan fingerprint density at radius 2 is 1.19 bits per heavy atom. The van der Waals surface area contributed by atoms with E-state index in [0.717, 1.165) is 22.3 Å². The van der Waals surface area contributed by atoms with Crippen LogP contribution in [0.4, 0.5) is 17.6 Å². The van der Waals surface area contributed by atoms with Gasteiger partial charge >= 0.3 is 5.97 Å². The van der Waals surface area contributed by atoms with Crippen molar-refractivity contribution in [3.05, 3.63) is 124 Å². The number of carbonyl (C=O) groups excluding carboxylic acids is 1. The number of fused-ring (bicyclic) bond motifs is 1. The second-order valence-corrected chi connectivity index (χ2v) is 12.4. The van der Waals surface area contributed by atoms with Crippen LogP contribution in [0.3, 0.4) is 0 Å². The van der Waals surface area contributed by atoms with Gasteiger partial charge in [-0.3, -0.25) is 4.79 Å². The molecule has 2 unspecified atom stereocenters. The summed E-state index contributed by atoms with van der Waals surface area (Å²) in [6.07, 6.45) is 0. The minimum Gasteiger partial charge on any atom is -0.744 e. The summed E-state index contributed by atoms with van der Waals surface area (Å²) in [5, 5.41) is 0. The number of benzene rings is 4. The van der Waals surface area contributed by atoms with Crippen molar-refractivity contribution in [2.24, 2.45) is 5.92 Å². The van der Waals surface area contributed by atoms with Crippen LogP contribution in [0.5, 0.6) is 11.5 Å². The number of rotatable bonds is 11. The summed E-state index contributed by atoms with van der Waals surface area (Å²) in [7, 11) is -4.41. The lowest BCUT2D eigenvalue weighted by atomic mass is 9.53. The summed E-state index contributed by atoms with van der Waals surface area (Å²) in [5.74, 6) is -15.4. The molecule has 0 saturated heterocycles. The van der Waals surface area contributed by atoms with E-state index in [-0.39, 0.29) is 13.2 Å². The quantitative estimate of drug-likeness (QED) is 0.0493. The lowest BCUT2D eigenvalue weighted by Gasteiger charge is -2.50. The van der Waals surface area contributed by atoms with Gasteiger partial charge in [0, 0.05) is 24.9 Å². The lowest BCUT2D eigenvalue weighted by Crippen LogP contribution is -2.44. The van der Waals surface area contributed by atoms with Gasteiger partial charge < -0.3 is 23.5 Å². The Bertz CT molecular complexity index is 1870. The molecule has 7 rings (SSSR count). The van der Waals surface area contributed by atoms with Gasteiger partial charge in [-0.05, 0) is 33.9 Å². The molecule has 0 N–H and O–H groups in total. The van der Waals surface area contributed by atoms with Crippen molar-refractivity contribution in [3.63, 3.8) is 0 Å². The monoisotopic (exact) mass is 671 g/mol. The van der Waals surface area contributed by atoms with Crippen LogP contribution in [0.2, 0.25) is 0 Å². The third kappa shape index (κ3) is 5.77. The number of esters is 1. The van der Waals surface area contributed by atoms with Crippen molar-refractivity contribution < 1.29 is 54.3 Å². The maximum absolute atomic E-state index is 15.1. The zero-order valence-corrected chi connectivity index (χ0v) is 25.6. The van der Waals surface area contributed by atoms with Crippen LogP contribution in [-0.4, -0.2) is 52.5 Å². The Hall–Kier alpha value is -4.30. The highest BCUT2D eigenvalue weighted by molar-refractivity contribution is 7.85. The Kier molecular flexibility index (Phi) is 9.07. The van der Waals surface area contributed by atoms with Crippen molar-refractivity contribution in [1.29, 1.82) is 0 Å².